The Morgan fingerprint density at radius 3 is 2.62 bits per heavy atom. The zero-order valence-corrected chi connectivity index (χ0v) is 13.6. The van der Waals surface area contributed by atoms with Crippen molar-refractivity contribution in [2.75, 3.05) is 19.6 Å². The standard InChI is InChI=1S/C13H16Cl2N2O3S/c14-11-5-4-10(9-12(11)15)21(19,20)16-6-2-8-17-7-1-3-13(17)18/h4-5,9,16H,1-3,6-8H2. The van der Waals surface area contributed by atoms with Crippen LogP contribution in [0.5, 0.6) is 0 Å². The topological polar surface area (TPSA) is 66.5 Å². The van der Waals surface area contributed by atoms with Gasteiger partial charge in [-0.1, -0.05) is 23.2 Å². The van der Waals surface area contributed by atoms with Crippen molar-refractivity contribution in [3.05, 3.63) is 28.2 Å². The molecule has 21 heavy (non-hydrogen) atoms. The smallest absolute Gasteiger partial charge is 0.240 e. The number of amides is 1. The molecule has 0 aliphatic carbocycles. The molecule has 1 heterocycles. The van der Waals surface area contributed by atoms with Gasteiger partial charge in [0.05, 0.1) is 14.9 Å². The number of hydrogen-bond donors (Lipinski definition) is 1. The first-order valence-corrected chi connectivity index (χ1v) is 8.86. The van der Waals surface area contributed by atoms with E-state index in [9.17, 15) is 13.2 Å². The Morgan fingerprint density at radius 2 is 2.00 bits per heavy atom. The number of nitrogens with one attached hydrogen (secondary N) is 1. The second-order valence-electron chi connectivity index (χ2n) is 4.81. The average Bonchev–Trinajstić information content (AvgIpc) is 2.83. The molecule has 0 atom stereocenters. The predicted molar refractivity (Wildman–Crippen MR) is 82.1 cm³/mol. The summed E-state index contributed by atoms with van der Waals surface area (Å²) in [5.74, 6) is 0.141. The van der Waals surface area contributed by atoms with Crippen molar-refractivity contribution in [1.29, 1.82) is 0 Å². The fraction of sp³-hybridized carbons (Fsp3) is 0.462. The van der Waals surface area contributed by atoms with Crippen LogP contribution >= 0.6 is 23.2 Å². The second kappa shape index (κ2) is 6.96. The maximum absolute atomic E-state index is 12.1. The van der Waals surface area contributed by atoms with E-state index >= 15 is 0 Å². The molecule has 0 saturated carbocycles. The van der Waals surface area contributed by atoms with Gasteiger partial charge in [-0.2, -0.15) is 0 Å². The van der Waals surface area contributed by atoms with Gasteiger partial charge in [0.15, 0.2) is 0 Å². The normalized spacial score (nSPS) is 15.7. The predicted octanol–water partition coefficient (Wildman–Crippen LogP) is 2.28. The first-order valence-electron chi connectivity index (χ1n) is 6.62. The number of carbonyl (C=O) groups is 1. The molecule has 0 radical (unpaired) electrons. The third-order valence-corrected chi connectivity index (χ3v) is 5.47. The van der Waals surface area contributed by atoms with E-state index < -0.39 is 10.0 Å². The van der Waals surface area contributed by atoms with Gasteiger partial charge < -0.3 is 4.90 Å². The quantitative estimate of drug-likeness (QED) is 0.800. The molecule has 116 valence electrons. The van der Waals surface area contributed by atoms with Crippen LogP contribution in [0.1, 0.15) is 19.3 Å². The van der Waals surface area contributed by atoms with Crippen molar-refractivity contribution in [3.8, 4) is 0 Å². The van der Waals surface area contributed by atoms with Crippen LogP contribution in [0.2, 0.25) is 10.0 Å². The summed E-state index contributed by atoms with van der Waals surface area (Å²) in [6.45, 7) is 1.60. The lowest BCUT2D eigenvalue weighted by Crippen LogP contribution is -2.30. The second-order valence-corrected chi connectivity index (χ2v) is 7.39. The Kier molecular flexibility index (Phi) is 5.48. The maximum atomic E-state index is 12.1. The number of halogens is 2. The highest BCUT2D eigenvalue weighted by atomic mass is 35.5. The van der Waals surface area contributed by atoms with Crippen LogP contribution in [0.3, 0.4) is 0 Å². The van der Waals surface area contributed by atoms with Crippen molar-refractivity contribution in [3.63, 3.8) is 0 Å². The van der Waals surface area contributed by atoms with Crippen molar-refractivity contribution >= 4 is 39.1 Å². The van der Waals surface area contributed by atoms with E-state index in [0.717, 1.165) is 13.0 Å². The molecule has 2 rings (SSSR count). The van der Waals surface area contributed by atoms with Crippen molar-refractivity contribution in [1.82, 2.24) is 9.62 Å². The maximum Gasteiger partial charge on any atom is 0.240 e. The average molecular weight is 351 g/mol. The van der Waals surface area contributed by atoms with Crippen LogP contribution in [0.25, 0.3) is 0 Å². The van der Waals surface area contributed by atoms with Crippen LogP contribution in [-0.4, -0.2) is 38.9 Å². The Labute approximate surface area is 134 Å². The lowest BCUT2D eigenvalue weighted by Gasteiger charge is -2.15. The summed E-state index contributed by atoms with van der Waals surface area (Å²) in [5.41, 5.74) is 0. The van der Waals surface area contributed by atoms with E-state index in [2.05, 4.69) is 4.72 Å². The number of benzene rings is 1. The number of rotatable bonds is 6. The van der Waals surface area contributed by atoms with Crippen LogP contribution in [-0.2, 0) is 14.8 Å². The highest BCUT2D eigenvalue weighted by Gasteiger charge is 2.20. The van der Waals surface area contributed by atoms with Crippen molar-refractivity contribution < 1.29 is 13.2 Å². The molecule has 5 nitrogen and oxygen atoms in total. The number of likely N-dealkylation sites (tertiary alicyclic amines) is 1. The summed E-state index contributed by atoms with van der Waals surface area (Å²) in [6.07, 6.45) is 2.05. The highest BCUT2D eigenvalue weighted by Crippen LogP contribution is 2.24. The molecule has 0 spiro atoms. The lowest BCUT2D eigenvalue weighted by atomic mass is 10.4. The van der Waals surface area contributed by atoms with Gasteiger partial charge in [-0.25, -0.2) is 13.1 Å². The summed E-state index contributed by atoms with van der Waals surface area (Å²) in [5, 5.41) is 0.505. The molecule has 0 unspecified atom stereocenters. The lowest BCUT2D eigenvalue weighted by molar-refractivity contribution is -0.127. The summed E-state index contributed by atoms with van der Waals surface area (Å²) in [4.78, 5) is 13.3. The minimum atomic E-state index is -3.61. The Balaban J connectivity index is 1.86. The minimum Gasteiger partial charge on any atom is -0.343 e. The first-order chi connectivity index (χ1) is 9.90. The molecule has 8 heteroatoms. The van der Waals surface area contributed by atoms with Crippen LogP contribution in [0.4, 0.5) is 0 Å². The van der Waals surface area contributed by atoms with E-state index in [0.29, 0.717) is 24.4 Å². The van der Waals surface area contributed by atoms with Gasteiger partial charge in [0.2, 0.25) is 15.9 Å². The van der Waals surface area contributed by atoms with Crippen LogP contribution in [0, 0.1) is 0 Å². The van der Waals surface area contributed by atoms with Gasteiger partial charge in [-0.15, -0.1) is 0 Å². The Morgan fingerprint density at radius 1 is 1.24 bits per heavy atom. The molecule has 1 aromatic rings. The summed E-state index contributed by atoms with van der Waals surface area (Å²) < 4.78 is 26.6. The van der Waals surface area contributed by atoms with Crippen LogP contribution in [0.15, 0.2) is 23.1 Å². The molecule has 1 N–H and O–H groups in total. The van der Waals surface area contributed by atoms with Crippen molar-refractivity contribution in [2.45, 2.75) is 24.2 Å². The fourth-order valence-corrected chi connectivity index (χ4v) is 3.61. The van der Waals surface area contributed by atoms with Gasteiger partial charge in [0.1, 0.15) is 0 Å². The Bertz CT molecular complexity index is 634. The molecule has 1 aliphatic rings. The SMILES string of the molecule is O=C1CCCN1CCCNS(=O)(=O)c1ccc(Cl)c(Cl)c1. The molecule has 1 saturated heterocycles. The zero-order chi connectivity index (χ0) is 15.5. The van der Waals surface area contributed by atoms with Gasteiger partial charge in [0.25, 0.3) is 0 Å². The van der Waals surface area contributed by atoms with E-state index in [1.807, 2.05) is 0 Å². The summed E-state index contributed by atoms with van der Waals surface area (Å²) >= 11 is 11.6. The van der Waals surface area contributed by atoms with E-state index in [1.165, 1.54) is 18.2 Å². The third kappa shape index (κ3) is 4.32. The molecule has 1 aliphatic heterocycles. The third-order valence-electron chi connectivity index (χ3n) is 3.27. The van der Waals surface area contributed by atoms with Gasteiger partial charge in [-0.05, 0) is 31.0 Å². The largest absolute Gasteiger partial charge is 0.343 e. The number of hydrogen-bond acceptors (Lipinski definition) is 3. The molecule has 0 aromatic heterocycles. The van der Waals surface area contributed by atoms with E-state index in [4.69, 9.17) is 23.2 Å². The van der Waals surface area contributed by atoms with Gasteiger partial charge in [-0.3, -0.25) is 4.79 Å². The Hall–Kier alpha value is -0.820. The van der Waals surface area contributed by atoms with E-state index in [-0.39, 0.29) is 22.4 Å². The molecular formula is C13H16Cl2N2O3S. The zero-order valence-electron chi connectivity index (χ0n) is 11.3. The number of carbonyl (C=O) groups excluding carboxylic acids is 1. The van der Waals surface area contributed by atoms with Crippen LogP contribution < -0.4 is 4.72 Å². The molecule has 1 aromatic carbocycles. The fourth-order valence-electron chi connectivity index (χ4n) is 2.14. The molecular weight excluding hydrogens is 335 g/mol. The molecule has 0 bridgehead atoms. The minimum absolute atomic E-state index is 0.0779. The van der Waals surface area contributed by atoms with Gasteiger partial charge >= 0.3 is 0 Å². The van der Waals surface area contributed by atoms with Gasteiger partial charge in [0, 0.05) is 26.1 Å². The van der Waals surface area contributed by atoms with Crippen molar-refractivity contribution in [2.24, 2.45) is 0 Å². The monoisotopic (exact) mass is 350 g/mol. The molecule has 1 amide bonds. The summed E-state index contributed by atoms with van der Waals surface area (Å²) in [7, 11) is -3.61. The summed E-state index contributed by atoms with van der Waals surface area (Å²) in [6, 6.07) is 4.16. The number of sulfonamides is 1. The molecule has 1 fully saturated rings. The first kappa shape index (κ1) is 16.5. The van der Waals surface area contributed by atoms with E-state index in [1.54, 1.807) is 4.90 Å². The highest BCUT2D eigenvalue weighted by molar-refractivity contribution is 7.89. The number of nitrogens with zero attached hydrogens (tertiary/aromatic N) is 1.